The number of nitrogens with zero attached hydrogens (tertiary/aromatic N) is 1. The van der Waals surface area contributed by atoms with Gasteiger partial charge < -0.3 is 19.7 Å². The van der Waals surface area contributed by atoms with Crippen LogP contribution >= 0.6 is 11.6 Å². The molecule has 39 heavy (non-hydrogen) atoms. The summed E-state index contributed by atoms with van der Waals surface area (Å²) in [5.41, 5.74) is 3.07. The summed E-state index contributed by atoms with van der Waals surface area (Å²) in [5, 5.41) is 9.30. The third-order valence-electron chi connectivity index (χ3n) is 7.06. The first-order valence-electron chi connectivity index (χ1n) is 12.7. The number of carbonyl (C=O) groups excluding carboxylic acids is 3. The monoisotopic (exact) mass is 548 g/mol. The molecule has 9 nitrogen and oxygen atoms in total. The van der Waals surface area contributed by atoms with E-state index in [0.29, 0.717) is 42.3 Å². The quantitative estimate of drug-likeness (QED) is 0.387. The van der Waals surface area contributed by atoms with E-state index >= 15 is 0 Å². The number of benzene rings is 3. The molecule has 0 aliphatic carbocycles. The van der Waals surface area contributed by atoms with Crippen LogP contribution in [-0.4, -0.2) is 49.2 Å². The number of likely N-dealkylation sites (tertiary alicyclic amines) is 1. The molecule has 1 saturated heterocycles. The first-order chi connectivity index (χ1) is 18.8. The first kappa shape index (κ1) is 26.5. The van der Waals surface area contributed by atoms with Gasteiger partial charge in [-0.3, -0.25) is 15.4 Å². The molecule has 202 valence electrons. The molecule has 1 spiro atoms. The molecule has 0 saturated carbocycles. The Morgan fingerprint density at radius 1 is 1.10 bits per heavy atom. The Labute approximate surface area is 231 Å². The normalized spacial score (nSPS) is 18.6. The minimum Gasteiger partial charge on any atom is -0.453 e. The number of halogens is 1. The van der Waals surface area contributed by atoms with E-state index in [2.05, 4.69) is 20.7 Å². The summed E-state index contributed by atoms with van der Waals surface area (Å²) in [7, 11) is 1.31. The topological polar surface area (TPSA) is 109 Å². The second-order valence-corrected chi connectivity index (χ2v) is 10.1. The van der Waals surface area contributed by atoms with Crippen molar-refractivity contribution in [2.75, 3.05) is 30.8 Å². The standard InChI is InChI=1S/C29H29ClN4O5/c1-38-27(36)32-22-10-7-20(8-11-22)17-31-25(15-19-5-3-2-4-6-19)26(35)34-14-13-29(18-34)23-16-21(30)9-12-24(23)33-28(37)39-29/h2-12,16,25,31H,13-15,17-18H2,1H3,(H,32,36)(H,33,37)/t25-,29-/m0/s1. The zero-order valence-electron chi connectivity index (χ0n) is 21.4. The van der Waals surface area contributed by atoms with E-state index in [4.69, 9.17) is 16.3 Å². The molecule has 3 aromatic carbocycles. The smallest absolute Gasteiger partial charge is 0.412 e. The molecule has 0 bridgehead atoms. The Kier molecular flexibility index (Phi) is 7.72. The van der Waals surface area contributed by atoms with Crippen LogP contribution in [0.1, 0.15) is 23.1 Å². The molecule has 0 aromatic heterocycles. The third-order valence-corrected chi connectivity index (χ3v) is 7.29. The van der Waals surface area contributed by atoms with Crippen LogP contribution in [0.5, 0.6) is 0 Å². The molecular weight excluding hydrogens is 520 g/mol. The Balaban J connectivity index is 1.32. The summed E-state index contributed by atoms with van der Waals surface area (Å²) < 4.78 is 10.4. The number of hydrogen-bond acceptors (Lipinski definition) is 6. The molecule has 2 aliphatic heterocycles. The highest BCUT2D eigenvalue weighted by Crippen LogP contribution is 2.43. The maximum atomic E-state index is 13.9. The number of rotatable bonds is 7. The van der Waals surface area contributed by atoms with Crippen LogP contribution in [-0.2, 0) is 32.8 Å². The molecular formula is C29H29ClN4O5. The summed E-state index contributed by atoms with van der Waals surface area (Å²) in [6.45, 7) is 1.13. The lowest BCUT2D eigenvalue weighted by molar-refractivity contribution is -0.133. The van der Waals surface area contributed by atoms with Crippen molar-refractivity contribution in [2.45, 2.75) is 31.0 Å². The zero-order chi connectivity index (χ0) is 27.4. The molecule has 1 fully saturated rings. The number of ether oxygens (including phenoxy) is 2. The van der Waals surface area contributed by atoms with Gasteiger partial charge in [-0.2, -0.15) is 0 Å². The average molecular weight is 549 g/mol. The van der Waals surface area contributed by atoms with Gasteiger partial charge in [-0.05, 0) is 47.9 Å². The highest BCUT2D eigenvalue weighted by atomic mass is 35.5. The van der Waals surface area contributed by atoms with Gasteiger partial charge in [-0.25, -0.2) is 9.59 Å². The van der Waals surface area contributed by atoms with Gasteiger partial charge in [0.05, 0.1) is 25.4 Å². The molecule has 3 aromatic rings. The SMILES string of the molecule is COC(=O)Nc1ccc(CN[C@@H](Cc2ccccc2)C(=O)N2CC[C@@]3(C2)OC(=O)Nc2ccc(Cl)cc23)cc1. The predicted octanol–water partition coefficient (Wildman–Crippen LogP) is 4.91. The number of nitrogens with one attached hydrogen (secondary N) is 3. The molecule has 0 radical (unpaired) electrons. The van der Waals surface area contributed by atoms with Gasteiger partial charge in [-0.15, -0.1) is 0 Å². The molecule has 3 N–H and O–H groups in total. The summed E-state index contributed by atoms with van der Waals surface area (Å²) >= 11 is 6.27. The fourth-order valence-electron chi connectivity index (χ4n) is 5.08. The maximum Gasteiger partial charge on any atom is 0.412 e. The zero-order valence-corrected chi connectivity index (χ0v) is 22.2. The largest absolute Gasteiger partial charge is 0.453 e. The van der Waals surface area contributed by atoms with Gasteiger partial charge in [0.2, 0.25) is 5.91 Å². The number of carbonyl (C=O) groups is 3. The van der Waals surface area contributed by atoms with Crippen LogP contribution in [0, 0.1) is 0 Å². The lowest BCUT2D eigenvalue weighted by Gasteiger charge is -2.35. The molecule has 2 atom stereocenters. The van der Waals surface area contributed by atoms with Crippen molar-refractivity contribution in [3.8, 4) is 0 Å². The van der Waals surface area contributed by atoms with E-state index < -0.39 is 23.8 Å². The number of methoxy groups -OCH3 is 1. The lowest BCUT2D eigenvalue weighted by atomic mass is 9.90. The number of amides is 3. The summed E-state index contributed by atoms with van der Waals surface area (Å²) in [5.74, 6) is -0.0714. The van der Waals surface area contributed by atoms with E-state index in [1.165, 1.54) is 7.11 Å². The molecule has 3 amide bonds. The fourth-order valence-corrected chi connectivity index (χ4v) is 5.25. The van der Waals surface area contributed by atoms with Crippen LogP contribution < -0.4 is 16.0 Å². The van der Waals surface area contributed by atoms with E-state index in [1.807, 2.05) is 42.5 Å². The molecule has 5 rings (SSSR count). The van der Waals surface area contributed by atoms with Crippen molar-refractivity contribution in [1.82, 2.24) is 10.2 Å². The lowest BCUT2D eigenvalue weighted by Crippen LogP contribution is -2.49. The predicted molar refractivity (Wildman–Crippen MR) is 148 cm³/mol. The van der Waals surface area contributed by atoms with Gasteiger partial charge in [0.15, 0.2) is 5.60 Å². The highest BCUT2D eigenvalue weighted by Gasteiger charge is 2.49. The van der Waals surface area contributed by atoms with Crippen LogP contribution in [0.2, 0.25) is 5.02 Å². The second kappa shape index (κ2) is 11.3. The minimum absolute atomic E-state index is 0.0714. The van der Waals surface area contributed by atoms with Crippen LogP contribution in [0.15, 0.2) is 72.8 Å². The van der Waals surface area contributed by atoms with E-state index in [0.717, 1.165) is 16.7 Å². The summed E-state index contributed by atoms with van der Waals surface area (Å²) in [6, 6.07) is 21.9. The van der Waals surface area contributed by atoms with Crippen molar-refractivity contribution in [3.63, 3.8) is 0 Å². The fraction of sp³-hybridized carbons (Fsp3) is 0.276. The van der Waals surface area contributed by atoms with Gasteiger partial charge in [-0.1, -0.05) is 54.1 Å². The third kappa shape index (κ3) is 6.00. The number of anilines is 2. The molecule has 10 heteroatoms. The van der Waals surface area contributed by atoms with E-state index in [-0.39, 0.29) is 12.5 Å². The average Bonchev–Trinajstić information content (AvgIpc) is 3.36. The second-order valence-electron chi connectivity index (χ2n) is 9.65. The minimum atomic E-state index is -0.946. The Morgan fingerprint density at radius 2 is 1.87 bits per heavy atom. The summed E-state index contributed by atoms with van der Waals surface area (Å²) in [6.07, 6.45) is -0.105. The van der Waals surface area contributed by atoms with Crippen molar-refractivity contribution in [3.05, 3.63) is 94.5 Å². The van der Waals surface area contributed by atoms with Crippen LogP contribution in [0.25, 0.3) is 0 Å². The Hall–Kier alpha value is -4.08. The first-order valence-corrected chi connectivity index (χ1v) is 13.0. The Bertz CT molecular complexity index is 1370. The highest BCUT2D eigenvalue weighted by molar-refractivity contribution is 6.30. The van der Waals surface area contributed by atoms with Gasteiger partial charge >= 0.3 is 12.2 Å². The summed E-state index contributed by atoms with van der Waals surface area (Å²) in [4.78, 5) is 39.5. The van der Waals surface area contributed by atoms with Crippen molar-refractivity contribution >= 4 is 41.1 Å². The van der Waals surface area contributed by atoms with E-state index in [9.17, 15) is 14.4 Å². The molecule has 0 unspecified atom stereocenters. The molecule has 2 heterocycles. The van der Waals surface area contributed by atoms with Crippen LogP contribution in [0.3, 0.4) is 0 Å². The van der Waals surface area contributed by atoms with Crippen LogP contribution in [0.4, 0.5) is 21.0 Å². The van der Waals surface area contributed by atoms with Gasteiger partial charge in [0.1, 0.15) is 0 Å². The van der Waals surface area contributed by atoms with Crippen molar-refractivity contribution < 1.29 is 23.9 Å². The van der Waals surface area contributed by atoms with Gasteiger partial charge in [0, 0.05) is 35.8 Å². The van der Waals surface area contributed by atoms with Crippen molar-refractivity contribution in [1.29, 1.82) is 0 Å². The van der Waals surface area contributed by atoms with Crippen molar-refractivity contribution in [2.24, 2.45) is 0 Å². The number of fused-ring (bicyclic) bond motifs is 2. The number of hydrogen-bond donors (Lipinski definition) is 3. The van der Waals surface area contributed by atoms with Gasteiger partial charge in [0.25, 0.3) is 0 Å². The maximum absolute atomic E-state index is 13.9. The Morgan fingerprint density at radius 3 is 2.62 bits per heavy atom. The van der Waals surface area contributed by atoms with E-state index in [1.54, 1.807) is 35.2 Å². The molecule has 2 aliphatic rings.